The summed E-state index contributed by atoms with van der Waals surface area (Å²) in [6.45, 7) is 2.81. The number of carboxylic acids is 1. The lowest BCUT2D eigenvalue weighted by Gasteiger charge is -2.25. The zero-order valence-electron chi connectivity index (χ0n) is 10.1. The van der Waals surface area contributed by atoms with Crippen molar-refractivity contribution in [3.05, 3.63) is 0 Å². The van der Waals surface area contributed by atoms with E-state index in [4.69, 9.17) is 4.74 Å². The van der Waals surface area contributed by atoms with E-state index in [-0.39, 0.29) is 0 Å². The number of carboxylic acid groups (broad SMARTS) is 1. The first kappa shape index (κ1) is 11.9. The average Bonchev–Trinajstić information content (AvgIpc) is 2.98. The molecule has 0 bridgehead atoms. The summed E-state index contributed by atoms with van der Waals surface area (Å²) in [7, 11) is 0. The molecule has 0 aromatic heterocycles. The highest BCUT2D eigenvalue weighted by molar-refractivity contribution is 5.75. The molecule has 16 heavy (non-hydrogen) atoms. The maximum Gasteiger partial charge on any atom is 0.309 e. The Morgan fingerprint density at radius 3 is 2.69 bits per heavy atom. The molecule has 0 aromatic carbocycles. The molecule has 1 saturated carbocycles. The van der Waals surface area contributed by atoms with Crippen LogP contribution in [0.1, 0.15) is 51.9 Å². The van der Waals surface area contributed by atoms with E-state index in [2.05, 4.69) is 0 Å². The Labute approximate surface area is 97.2 Å². The van der Waals surface area contributed by atoms with Gasteiger partial charge in [-0.05, 0) is 57.8 Å². The molecular formula is C13H22O3. The van der Waals surface area contributed by atoms with E-state index in [9.17, 15) is 9.90 Å². The number of carbonyl (C=O) groups is 1. The van der Waals surface area contributed by atoms with Crippen LogP contribution in [0.2, 0.25) is 0 Å². The van der Waals surface area contributed by atoms with Gasteiger partial charge in [0, 0.05) is 6.61 Å². The van der Waals surface area contributed by atoms with Gasteiger partial charge in [-0.15, -0.1) is 0 Å². The van der Waals surface area contributed by atoms with Crippen LogP contribution in [0.25, 0.3) is 0 Å². The van der Waals surface area contributed by atoms with Crippen LogP contribution in [0.3, 0.4) is 0 Å². The highest BCUT2D eigenvalue weighted by Crippen LogP contribution is 2.48. The second-order valence-electron chi connectivity index (χ2n) is 5.52. The van der Waals surface area contributed by atoms with Crippen LogP contribution < -0.4 is 0 Å². The predicted molar refractivity (Wildman–Crippen MR) is 61.3 cm³/mol. The molecule has 3 nitrogen and oxygen atoms in total. The largest absolute Gasteiger partial charge is 0.481 e. The summed E-state index contributed by atoms with van der Waals surface area (Å²) in [5.41, 5.74) is -0.474. The molecule has 0 radical (unpaired) electrons. The molecule has 2 unspecified atom stereocenters. The normalized spacial score (nSPS) is 28.9. The van der Waals surface area contributed by atoms with Crippen molar-refractivity contribution in [1.29, 1.82) is 0 Å². The maximum atomic E-state index is 11.3. The van der Waals surface area contributed by atoms with E-state index >= 15 is 0 Å². The Balaban J connectivity index is 1.75. The lowest BCUT2D eigenvalue weighted by Crippen LogP contribution is -2.30. The third-order valence-electron chi connectivity index (χ3n) is 4.21. The summed E-state index contributed by atoms with van der Waals surface area (Å²) >= 11 is 0. The van der Waals surface area contributed by atoms with Gasteiger partial charge in [0.05, 0.1) is 11.5 Å². The minimum atomic E-state index is -0.609. The van der Waals surface area contributed by atoms with Crippen molar-refractivity contribution in [2.75, 3.05) is 6.61 Å². The molecule has 3 heteroatoms. The zero-order valence-corrected chi connectivity index (χ0v) is 10.1. The molecule has 1 aliphatic heterocycles. The molecule has 1 saturated heterocycles. The molecule has 92 valence electrons. The molecule has 2 atom stereocenters. The van der Waals surface area contributed by atoms with Crippen LogP contribution in [0.15, 0.2) is 0 Å². The second-order valence-corrected chi connectivity index (χ2v) is 5.52. The van der Waals surface area contributed by atoms with Crippen LogP contribution in [0.4, 0.5) is 0 Å². The van der Waals surface area contributed by atoms with Crippen molar-refractivity contribution in [2.45, 2.75) is 58.0 Å². The molecule has 0 aromatic rings. The molecule has 1 N–H and O–H groups in total. The van der Waals surface area contributed by atoms with Gasteiger partial charge >= 0.3 is 5.97 Å². The van der Waals surface area contributed by atoms with Gasteiger partial charge < -0.3 is 9.84 Å². The van der Waals surface area contributed by atoms with Gasteiger partial charge in [0.2, 0.25) is 0 Å². The average molecular weight is 226 g/mol. The van der Waals surface area contributed by atoms with Crippen LogP contribution in [0, 0.1) is 11.3 Å². The van der Waals surface area contributed by atoms with Gasteiger partial charge in [-0.2, -0.15) is 0 Å². The first-order chi connectivity index (χ1) is 7.63. The SMILES string of the molecule is CC(CCCC1CCCO1)(C(=O)O)C1CC1. The third kappa shape index (κ3) is 2.57. The number of hydrogen-bond acceptors (Lipinski definition) is 2. The molecule has 2 rings (SSSR count). The molecule has 2 fully saturated rings. The first-order valence-electron chi connectivity index (χ1n) is 6.48. The van der Waals surface area contributed by atoms with E-state index in [1.54, 1.807) is 0 Å². The number of ether oxygens (including phenoxy) is 1. The molecule has 2 aliphatic rings. The number of hydrogen-bond donors (Lipinski definition) is 1. The molecule has 1 aliphatic carbocycles. The van der Waals surface area contributed by atoms with Gasteiger partial charge in [-0.3, -0.25) is 4.79 Å². The highest BCUT2D eigenvalue weighted by atomic mass is 16.5. The minimum Gasteiger partial charge on any atom is -0.481 e. The van der Waals surface area contributed by atoms with E-state index in [1.165, 1.54) is 6.42 Å². The van der Waals surface area contributed by atoms with Crippen molar-refractivity contribution in [1.82, 2.24) is 0 Å². The Hall–Kier alpha value is -0.570. The molecule has 1 heterocycles. The summed E-state index contributed by atoms with van der Waals surface area (Å²) < 4.78 is 5.56. The minimum absolute atomic E-state index is 0.400. The molecule has 0 spiro atoms. The van der Waals surface area contributed by atoms with Crippen molar-refractivity contribution in [3.63, 3.8) is 0 Å². The van der Waals surface area contributed by atoms with Gasteiger partial charge in [-0.1, -0.05) is 0 Å². The monoisotopic (exact) mass is 226 g/mol. The van der Waals surface area contributed by atoms with Crippen LogP contribution in [-0.4, -0.2) is 23.8 Å². The Morgan fingerprint density at radius 1 is 1.44 bits per heavy atom. The van der Waals surface area contributed by atoms with E-state index < -0.39 is 11.4 Å². The van der Waals surface area contributed by atoms with Crippen molar-refractivity contribution < 1.29 is 14.6 Å². The Bertz CT molecular complexity index is 254. The quantitative estimate of drug-likeness (QED) is 0.757. The summed E-state index contributed by atoms with van der Waals surface area (Å²) in [5, 5.41) is 9.30. The fourth-order valence-electron chi connectivity index (χ4n) is 2.78. The van der Waals surface area contributed by atoms with Crippen LogP contribution >= 0.6 is 0 Å². The van der Waals surface area contributed by atoms with Crippen molar-refractivity contribution >= 4 is 5.97 Å². The van der Waals surface area contributed by atoms with Gasteiger partial charge in [0.1, 0.15) is 0 Å². The summed E-state index contributed by atoms with van der Waals surface area (Å²) in [5.74, 6) is -0.183. The van der Waals surface area contributed by atoms with Gasteiger partial charge in [-0.25, -0.2) is 0 Å². The standard InChI is InChI=1S/C13H22O3/c1-13(12(14)15,10-6-7-10)8-2-4-11-5-3-9-16-11/h10-11H,2-9H2,1H3,(H,14,15). The summed E-state index contributed by atoms with van der Waals surface area (Å²) in [6.07, 6.45) is 7.77. The summed E-state index contributed by atoms with van der Waals surface area (Å²) in [4.78, 5) is 11.3. The smallest absolute Gasteiger partial charge is 0.309 e. The first-order valence-corrected chi connectivity index (χ1v) is 6.48. The lowest BCUT2D eigenvalue weighted by molar-refractivity contribution is -0.149. The Morgan fingerprint density at radius 2 is 2.19 bits per heavy atom. The maximum absolute atomic E-state index is 11.3. The number of rotatable bonds is 6. The van der Waals surface area contributed by atoms with Crippen LogP contribution in [-0.2, 0) is 9.53 Å². The topological polar surface area (TPSA) is 46.5 Å². The second kappa shape index (κ2) is 4.74. The van der Waals surface area contributed by atoms with Crippen molar-refractivity contribution in [3.8, 4) is 0 Å². The van der Waals surface area contributed by atoms with Crippen LogP contribution in [0.5, 0.6) is 0 Å². The fraction of sp³-hybridized carbons (Fsp3) is 0.923. The predicted octanol–water partition coefficient (Wildman–Crippen LogP) is 2.84. The van der Waals surface area contributed by atoms with E-state index in [0.29, 0.717) is 12.0 Å². The summed E-state index contributed by atoms with van der Waals surface area (Å²) in [6, 6.07) is 0. The van der Waals surface area contributed by atoms with E-state index in [0.717, 1.165) is 45.1 Å². The lowest BCUT2D eigenvalue weighted by atomic mass is 9.80. The Kier molecular flexibility index (Phi) is 3.53. The molecular weight excluding hydrogens is 204 g/mol. The third-order valence-corrected chi connectivity index (χ3v) is 4.21. The van der Waals surface area contributed by atoms with E-state index in [1.807, 2.05) is 6.92 Å². The van der Waals surface area contributed by atoms with Gasteiger partial charge in [0.25, 0.3) is 0 Å². The van der Waals surface area contributed by atoms with Gasteiger partial charge in [0.15, 0.2) is 0 Å². The van der Waals surface area contributed by atoms with Crippen molar-refractivity contribution in [2.24, 2.45) is 11.3 Å². The number of aliphatic carboxylic acids is 1. The zero-order chi connectivity index (χ0) is 11.6. The highest BCUT2D eigenvalue weighted by Gasteiger charge is 2.46. The fourth-order valence-corrected chi connectivity index (χ4v) is 2.78. The molecule has 0 amide bonds.